The molecule has 0 aliphatic heterocycles. The van der Waals surface area contributed by atoms with E-state index in [0.717, 1.165) is 0 Å². The summed E-state index contributed by atoms with van der Waals surface area (Å²) < 4.78 is 0.683. The molecule has 88 valence electrons. The molecule has 0 spiro atoms. The molecule has 4 nitrogen and oxygen atoms in total. The molecule has 0 aliphatic carbocycles. The average molecular weight is 334 g/mol. The summed E-state index contributed by atoms with van der Waals surface area (Å²) in [7, 11) is 0. The fourth-order valence-corrected chi connectivity index (χ4v) is 1.83. The first kappa shape index (κ1) is 12.4. The Hall–Kier alpha value is -1.04. The second kappa shape index (κ2) is 5.08. The number of aromatic nitrogens is 2. The van der Waals surface area contributed by atoms with E-state index < -0.39 is 0 Å². The van der Waals surface area contributed by atoms with Crippen LogP contribution in [-0.4, -0.2) is 9.97 Å². The van der Waals surface area contributed by atoms with Gasteiger partial charge in [0.05, 0.1) is 20.2 Å². The van der Waals surface area contributed by atoms with Crippen LogP contribution >= 0.6 is 39.1 Å². The van der Waals surface area contributed by atoms with Gasteiger partial charge in [0.15, 0.2) is 0 Å². The molecule has 0 unspecified atom stereocenters. The number of nitrogens with zero attached hydrogens (tertiary/aromatic N) is 2. The number of nitrogen functional groups attached to an aromatic ring is 1. The molecule has 3 N–H and O–H groups in total. The molecule has 1 aromatic heterocycles. The number of benzene rings is 1. The summed E-state index contributed by atoms with van der Waals surface area (Å²) in [6.07, 6.45) is 1.56. The summed E-state index contributed by atoms with van der Waals surface area (Å²) in [5, 5.41) is 3.92. The van der Waals surface area contributed by atoms with E-state index in [9.17, 15) is 0 Å². The molecule has 0 saturated carbocycles. The van der Waals surface area contributed by atoms with E-state index in [1.807, 2.05) is 0 Å². The van der Waals surface area contributed by atoms with Crippen molar-refractivity contribution >= 4 is 56.6 Å². The number of halogens is 3. The largest absolute Gasteiger partial charge is 0.368 e. The van der Waals surface area contributed by atoms with Crippen molar-refractivity contribution in [2.45, 2.75) is 0 Å². The third-order valence-electron chi connectivity index (χ3n) is 1.97. The lowest BCUT2D eigenvalue weighted by molar-refractivity contribution is 1.17. The Morgan fingerprint density at radius 1 is 1.29 bits per heavy atom. The fourth-order valence-electron chi connectivity index (χ4n) is 1.20. The maximum absolute atomic E-state index is 6.05. The second-order valence-corrected chi connectivity index (χ2v) is 4.79. The van der Waals surface area contributed by atoms with Crippen LogP contribution in [0.5, 0.6) is 0 Å². The highest BCUT2D eigenvalue weighted by Crippen LogP contribution is 2.33. The van der Waals surface area contributed by atoms with Crippen LogP contribution in [0.25, 0.3) is 0 Å². The van der Waals surface area contributed by atoms with Crippen molar-refractivity contribution in [1.29, 1.82) is 0 Å². The van der Waals surface area contributed by atoms with E-state index in [-0.39, 0.29) is 5.95 Å². The lowest BCUT2D eigenvalue weighted by atomic mass is 10.3. The van der Waals surface area contributed by atoms with E-state index in [4.69, 9.17) is 28.9 Å². The van der Waals surface area contributed by atoms with Gasteiger partial charge in [0, 0.05) is 6.20 Å². The van der Waals surface area contributed by atoms with Gasteiger partial charge in [-0.3, -0.25) is 0 Å². The van der Waals surface area contributed by atoms with Gasteiger partial charge in [-0.1, -0.05) is 29.3 Å². The van der Waals surface area contributed by atoms with Crippen molar-refractivity contribution in [3.8, 4) is 0 Å². The predicted octanol–water partition coefficient (Wildman–Crippen LogP) is 3.87. The SMILES string of the molecule is Nc1ncc(Br)c(Nc2cccc(Cl)c2Cl)n1. The summed E-state index contributed by atoms with van der Waals surface area (Å²) in [6, 6.07) is 5.28. The molecule has 2 rings (SSSR count). The Bertz CT molecular complexity index is 562. The zero-order valence-electron chi connectivity index (χ0n) is 8.42. The molecule has 0 amide bonds. The minimum atomic E-state index is 0.175. The first-order valence-corrected chi connectivity index (χ1v) is 6.12. The number of hydrogen-bond acceptors (Lipinski definition) is 4. The van der Waals surface area contributed by atoms with Crippen LogP contribution in [0.2, 0.25) is 10.0 Å². The van der Waals surface area contributed by atoms with Gasteiger partial charge in [-0.2, -0.15) is 4.98 Å². The quantitative estimate of drug-likeness (QED) is 0.875. The number of hydrogen-bond donors (Lipinski definition) is 2. The van der Waals surface area contributed by atoms with Gasteiger partial charge < -0.3 is 11.1 Å². The van der Waals surface area contributed by atoms with Gasteiger partial charge >= 0.3 is 0 Å². The number of nitrogens with two attached hydrogens (primary N) is 1. The summed E-state index contributed by atoms with van der Waals surface area (Å²) in [4.78, 5) is 7.89. The lowest BCUT2D eigenvalue weighted by Gasteiger charge is -2.10. The molecule has 0 atom stereocenters. The summed E-state index contributed by atoms with van der Waals surface area (Å²) in [5.41, 5.74) is 6.16. The van der Waals surface area contributed by atoms with Gasteiger partial charge in [0.2, 0.25) is 5.95 Å². The Labute approximate surface area is 116 Å². The minimum Gasteiger partial charge on any atom is -0.368 e. The van der Waals surface area contributed by atoms with E-state index >= 15 is 0 Å². The summed E-state index contributed by atoms with van der Waals surface area (Å²) in [5.74, 6) is 0.704. The zero-order valence-corrected chi connectivity index (χ0v) is 11.5. The highest BCUT2D eigenvalue weighted by atomic mass is 79.9. The molecule has 1 aromatic carbocycles. The number of anilines is 3. The Balaban J connectivity index is 2.38. The minimum absolute atomic E-state index is 0.175. The van der Waals surface area contributed by atoms with E-state index in [1.54, 1.807) is 24.4 Å². The normalized spacial score (nSPS) is 10.3. The monoisotopic (exact) mass is 332 g/mol. The van der Waals surface area contributed by atoms with Crippen LogP contribution in [0, 0.1) is 0 Å². The van der Waals surface area contributed by atoms with Crippen molar-refractivity contribution in [3.63, 3.8) is 0 Å². The molecule has 0 saturated heterocycles. The number of nitrogens with one attached hydrogen (secondary N) is 1. The molecule has 0 aliphatic rings. The van der Waals surface area contributed by atoms with E-state index in [1.165, 1.54) is 0 Å². The van der Waals surface area contributed by atoms with Crippen molar-refractivity contribution in [2.24, 2.45) is 0 Å². The topological polar surface area (TPSA) is 63.8 Å². The molecule has 2 aromatic rings. The van der Waals surface area contributed by atoms with Gasteiger partial charge in [0.1, 0.15) is 5.82 Å². The smallest absolute Gasteiger partial charge is 0.222 e. The van der Waals surface area contributed by atoms with Crippen LogP contribution in [0.15, 0.2) is 28.9 Å². The maximum Gasteiger partial charge on any atom is 0.222 e. The molecule has 0 radical (unpaired) electrons. The highest BCUT2D eigenvalue weighted by Gasteiger charge is 2.08. The van der Waals surface area contributed by atoms with Gasteiger partial charge in [0.25, 0.3) is 0 Å². The van der Waals surface area contributed by atoms with Crippen molar-refractivity contribution in [2.75, 3.05) is 11.1 Å². The molecule has 7 heteroatoms. The Morgan fingerprint density at radius 3 is 2.82 bits per heavy atom. The number of rotatable bonds is 2. The third kappa shape index (κ3) is 2.80. The highest BCUT2D eigenvalue weighted by molar-refractivity contribution is 9.10. The molecular formula is C10H7BrCl2N4. The third-order valence-corrected chi connectivity index (χ3v) is 3.37. The van der Waals surface area contributed by atoms with Crippen LogP contribution in [0.3, 0.4) is 0 Å². The molecule has 1 heterocycles. The first-order chi connectivity index (χ1) is 8.08. The summed E-state index contributed by atoms with van der Waals surface area (Å²) >= 11 is 15.3. The van der Waals surface area contributed by atoms with E-state index in [0.29, 0.717) is 26.0 Å². The van der Waals surface area contributed by atoms with Crippen LogP contribution in [0.1, 0.15) is 0 Å². The standard InChI is InChI=1S/C10H7BrCl2N4/c11-5-4-15-10(14)17-9(5)16-7-3-1-2-6(12)8(7)13/h1-4H,(H3,14,15,16,17). The molecule has 0 bridgehead atoms. The second-order valence-electron chi connectivity index (χ2n) is 3.15. The average Bonchev–Trinajstić information content (AvgIpc) is 2.30. The zero-order chi connectivity index (χ0) is 12.4. The van der Waals surface area contributed by atoms with Gasteiger partial charge in [-0.15, -0.1) is 0 Å². The Kier molecular flexibility index (Phi) is 3.71. The van der Waals surface area contributed by atoms with Crippen LogP contribution < -0.4 is 11.1 Å². The van der Waals surface area contributed by atoms with Crippen LogP contribution in [0.4, 0.5) is 17.5 Å². The van der Waals surface area contributed by atoms with Gasteiger partial charge in [-0.05, 0) is 28.1 Å². The maximum atomic E-state index is 6.05. The first-order valence-electron chi connectivity index (χ1n) is 4.57. The van der Waals surface area contributed by atoms with Crippen molar-refractivity contribution in [3.05, 3.63) is 38.9 Å². The molecule has 0 fully saturated rings. The fraction of sp³-hybridized carbons (Fsp3) is 0. The summed E-state index contributed by atoms with van der Waals surface area (Å²) in [6.45, 7) is 0. The van der Waals surface area contributed by atoms with Crippen LogP contribution in [-0.2, 0) is 0 Å². The predicted molar refractivity (Wildman–Crippen MR) is 73.9 cm³/mol. The van der Waals surface area contributed by atoms with Crippen molar-refractivity contribution < 1.29 is 0 Å². The molecular weight excluding hydrogens is 327 g/mol. The lowest BCUT2D eigenvalue weighted by Crippen LogP contribution is -2.00. The van der Waals surface area contributed by atoms with Gasteiger partial charge in [-0.25, -0.2) is 4.98 Å². The Morgan fingerprint density at radius 2 is 2.06 bits per heavy atom. The van der Waals surface area contributed by atoms with E-state index in [2.05, 4.69) is 31.2 Å². The molecule has 17 heavy (non-hydrogen) atoms. The van der Waals surface area contributed by atoms with Crippen molar-refractivity contribution in [1.82, 2.24) is 9.97 Å².